The predicted octanol–water partition coefficient (Wildman–Crippen LogP) is 3.34. The topological polar surface area (TPSA) is 69.7 Å². The Hall–Kier alpha value is -1.66. The fourth-order valence-corrected chi connectivity index (χ4v) is 2.21. The van der Waals surface area contributed by atoms with Gasteiger partial charge in [-0.25, -0.2) is 4.98 Å². The highest BCUT2D eigenvalue weighted by Crippen LogP contribution is 2.23. The number of aryl methyl sites for hydroxylation is 1. The molecule has 0 radical (unpaired) electrons. The Morgan fingerprint density at radius 3 is 2.67 bits per heavy atom. The van der Waals surface area contributed by atoms with Crippen LogP contribution in [0.15, 0.2) is 12.3 Å². The summed E-state index contributed by atoms with van der Waals surface area (Å²) in [5.41, 5.74) is 0.655. The van der Waals surface area contributed by atoms with Gasteiger partial charge in [-0.1, -0.05) is 19.8 Å². The van der Waals surface area contributed by atoms with Crippen LogP contribution in [-0.4, -0.2) is 43.4 Å². The fraction of sp³-hybridized carbons (Fsp3) is 0.667. The van der Waals surface area contributed by atoms with Crippen LogP contribution in [0.2, 0.25) is 0 Å². The summed E-state index contributed by atoms with van der Waals surface area (Å²) in [7, 11) is 1.56. The summed E-state index contributed by atoms with van der Waals surface area (Å²) in [5.74, 6) is 0.387. The van der Waals surface area contributed by atoms with E-state index >= 15 is 0 Å². The van der Waals surface area contributed by atoms with E-state index in [0.717, 1.165) is 18.4 Å². The number of ether oxygens (including phenoxy) is 3. The van der Waals surface area contributed by atoms with Crippen LogP contribution in [0.4, 0.5) is 5.69 Å². The van der Waals surface area contributed by atoms with Crippen molar-refractivity contribution in [3.63, 3.8) is 0 Å². The molecule has 1 amide bonds. The van der Waals surface area contributed by atoms with Gasteiger partial charge in [0.1, 0.15) is 12.2 Å². The zero-order valence-electron chi connectivity index (χ0n) is 15.5. The van der Waals surface area contributed by atoms with E-state index in [0.29, 0.717) is 37.8 Å². The quantitative estimate of drug-likeness (QED) is 0.627. The van der Waals surface area contributed by atoms with Crippen LogP contribution in [0, 0.1) is 6.92 Å². The number of hydrogen-bond donors (Lipinski definition) is 1. The molecule has 0 aliphatic heterocycles. The van der Waals surface area contributed by atoms with Gasteiger partial charge < -0.3 is 19.5 Å². The van der Waals surface area contributed by atoms with E-state index in [9.17, 15) is 4.79 Å². The van der Waals surface area contributed by atoms with Gasteiger partial charge in [0.2, 0.25) is 5.88 Å². The first-order valence-electron chi connectivity index (χ1n) is 8.50. The molecule has 24 heavy (non-hydrogen) atoms. The maximum Gasteiger partial charge on any atom is 0.256 e. The molecule has 6 nitrogen and oxygen atoms in total. The SMILES string of the molecule is CCCC[C@@](C)(OC)C(=O)Nc1cnc(OCCOCC)c(C)c1. The normalized spacial score (nSPS) is 13.4. The van der Waals surface area contributed by atoms with Crippen molar-refractivity contribution >= 4 is 11.6 Å². The monoisotopic (exact) mass is 338 g/mol. The average molecular weight is 338 g/mol. The lowest BCUT2D eigenvalue weighted by Gasteiger charge is -2.26. The molecule has 1 N–H and O–H groups in total. The van der Waals surface area contributed by atoms with Crippen molar-refractivity contribution in [3.05, 3.63) is 17.8 Å². The summed E-state index contributed by atoms with van der Waals surface area (Å²) >= 11 is 0. The number of nitrogens with zero attached hydrogens (tertiary/aromatic N) is 1. The molecule has 0 aliphatic carbocycles. The molecule has 136 valence electrons. The number of pyridine rings is 1. The number of carbonyl (C=O) groups is 1. The summed E-state index contributed by atoms with van der Waals surface area (Å²) in [6.07, 6.45) is 4.22. The zero-order valence-corrected chi connectivity index (χ0v) is 15.5. The van der Waals surface area contributed by atoms with Crippen LogP contribution in [-0.2, 0) is 14.3 Å². The van der Waals surface area contributed by atoms with Crippen molar-refractivity contribution in [2.24, 2.45) is 0 Å². The molecule has 0 spiro atoms. The molecule has 1 aromatic rings. The van der Waals surface area contributed by atoms with Gasteiger partial charge in [-0.15, -0.1) is 0 Å². The van der Waals surface area contributed by atoms with Gasteiger partial charge in [-0.2, -0.15) is 0 Å². The molecule has 1 atom stereocenters. The molecule has 1 heterocycles. The maximum atomic E-state index is 12.5. The van der Waals surface area contributed by atoms with E-state index in [-0.39, 0.29) is 5.91 Å². The maximum absolute atomic E-state index is 12.5. The Morgan fingerprint density at radius 2 is 2.08 bits per heavy atom. The minimum Gasteiger partial charge on any atom is -0.475 e. The molecule has 0 aromatic carbocycles. The highest BCUT2D eigenvalue weighted by atomic mass is 16.5. The smallest absolute Gasteiger partial charge is 0.256 e. The molecule has 0 saturated carbocycles. The largest absolute Gasteiger partial charge is 0.475 e. The Balaban J connectivity index is 2.67. The Morgan fingerprint density at radius 1 is 1.33 bits per heavy atom. The summed E-state index contributed by atoms with van der Waals surface area (Å²) in [6, 6.07) is 1.84. The van der Waals surface area contributed by atoms with Crippen LogP contribution in [0.1, 0.15) is 45.6 Å². The molecule has 0 bridgehead atoms. The van der Waals surface area contributed by atoms with E-state index in [4.69, 9.17) is 14.2 Å². The van der Waals surface area contributed by atoms with Gasteiger partial charge in [-0.3, -0.25) is 4.79 Å². The second-order valence-corrected chi connectivity index (χ2v) is 5.88. The molecule has 0 aliphatic rings. The third kappa shape index (κ3) is 6.09. The van der Waals surface area contributed by atoms with E-state index < -0.39 is 5.60 Å². The molecule has 0 fully saturated rings. The van der Waals surface area contributed by atoms with E-state index in [1.54, 1.807) is 13.3 Å². The minimum absolute atomic E-state index is 0.162. The number of anilines is 1. The first kappa shape index (κ1) is 20.4. The van der Waals surface area contributed by atoms with Gasteiger partial charge in [0.25, 0.3) is 5.91 Å². The predicted molar refractivity (Wildman–Crippen MR) is 94.5 cm³/mol. The number of hydrogen-bond acceptors (Lipinski definition) is 5. The van der Waals surface area contributed by atoms with Crippen molar-refractivity contribution in [1.29, 1.82) is 0 Å². The standard InChI is InChI=1S/C18H30N2O4/c1-6-8-9-18(4,22-5)17(21)20-15-12-14(3)16(19-13-15)24-11-10-23-7-2/h12-13H,6-11H2,1-5H3,(H,20,21)/t18-/m1/s1. The van der Waals surface area contributed by atoms with Gasteiger partial charge in [0.15, 0.2) is 0 Å². The highest BCUT2D eigenvalue weighted by molar-refractivity contribution is 5.97. The van der Waals surface area contributed by atoms with Gasteiger partial charge >= 0.3 is 0 Å². The van der Waals surface area contributed by atoms with Crippen LogP contribution < -0.4 is 10.1 Å². The summed E-state index contributed by atoms with van der Waals surface area (Å²) in [6.45, 7) is 9.37. The fourth-order valence-electron chi connectivity index (χ4n) is 2.21. The number of carbonyl (C=O) groups excluding carboxylic acids is 1. The Bertz CT molecular complexity index is 522. The lowest BCUT2D eigenvalue weighted by atomic mass is 9.97. The van der Waals surface area contributed by atoms with Gasteiger partial charge in [0.05, 0.1) is 18.5 Å². The van der Waals surface area contributed by atoms with Gasteiger partial charge in [0, 0.05) is 19.3 Å². The van der Waals surface area contributed by atoms with E-state index in [1.165, 1.54) is 0 Å². The van der Waals surface area contributed by atoms with Crippen LogP contribution >= 0.6 is 0 Å². The lowest BCUT2D eigenvalue weighted by Crippen LogP contribution is -2.42. The van der Waals surface area contributed by atoms with Crippen molar-refractivity contribution in [3.8, 4) is 5.88 Å². The molecule has 1 rings (SSSR count). The number of methoxy groups -OCH3 is 1. The number of unbranched alkanes of at least 4 members (excludes halogenated alkanes) is 1. The second-order valence-electron chi connectivity index (χ2n) is 5.88. The van der Waals surface area contributed by atoms with Crippen molar-refractivity contribution in [2.75, 3.05) is 32.2 Å². The highest BCUT2D eigenvalue weighted by Gasteiger charge is 2.32. The number of rotatable bonds is 11. The zero-order chi connectivity index (χ0) is 18.0. The first-order chi connectivity index (χ1) is 11.5. The number of amides is 1. The van der Waals surface area contributed by atoms with Crippen LogP contribution in [0.5, 0.6) is 5.88 Å². The average Bonchev–Trinajstić information content (AvgIpc) is 2.58. The molecule has 0 saturated heterocycles. The molecular weight excluding hydrogens is 308 g/mol. The van der Waals surface area contributed by atoms with Crippen molar-refractivity contribution in [2.45, 2.75) is 52.6 Å². The molecule has 1 aromatic heterocycles. The second kappa shape index (κ2) is 10.3. The lowest BCUT2D eigenvalue weighted by molar-refractivity contribution is -0.136. The number of aromatic nitrogens is 1. The number of nitrogens with one attached hydrogen (secondary N) is 1. The van der Waals surface area contributed by atoms with Crippen LogP contribution in [0.25, 0.3) is 0 Å². The summed E-state index contributed by atoms with van der Waals surface area (Å²) in [5, 5.41) is 2.88. The minimum atomic E-state index is -0.837. The molecule has 6 heteroatoms. The Labute approximate surface area is 144 Å². The summed E-state index contributed by atoms with van der Waals surface area (Å²) in [4.78, 5) is 16.8. The Kier molecular flexibility index (Phi) is 8.71. The van der Waals surface area contributed by atoms with Crippen LogP contribution in [0.3, 0.4) is 0 Å². The molecule has 0 unspecified atom stereocenters. The molecular formula is C18H30N2O4. The van der Waals surface area contributed by atoms with E-state index in [1.807, 2.05) is 26.8 Å². The van der Waals surface area contributed by atoms with Crippen molar-refractivity contribution < 1.29 is 19.0 Å². The van der Waals surface area contributed by atoms with Gasteiger partial charge in [-0.05, 0) is 33.3 Å². The summed E-state index contributed by atoms with van der Waals surface area (Å²) < 4.78 is 16.2. The van der Waals surface area contributed by atoms with E-state index in [2.05, 4.69) is 17.2 Å². The third-order valence-corrected chi connectivity index (χ3v) is 3.90. The van der Waals surface area contributed by atoms with Crippen molar-refractivity contribution in [1.82, 2.24) is 4.98 Å². The third-order valence-electron chi connectivity index (χ3n) is 3.90. The first-order valence-corrected chi connectivity index (χ1v) is 8.50.